The predicted octanol–water partition coefficient (Wildman–Crippen LogP) is 1.44. The molecule has 8 heteroatoms. The zero-order valence-electron chi connectivity index (χ0n) is 12.4. The summed E-state index contributed by atoms with van der Waals surface area (Å²) in [5.74, 6) is -1.12. The monoisotopic (exact) mass is 329 g/mol. The summed E-state index contributed by atoms with van der Waals surface area (Å²) in [6.07, 6.45) is 0.393. The van der Waals surface area contributed by atoms with Crippen LogP contribution in [0.5, 0.6) is 11.5 Å². The molecule has 1 heterocycles. The molecule has 2 N–H and O–H groups in total. The fourth-order valence-corrected chi connectivity index (χ4v) is 3.48. The Labute approximate surface area is 129 Å². The summed E-state index contributed by atoms with van der Waals surface area (Å²) in [5, 5.41) is 9.16. The maximum atomic E-state index is 12.4. The Balaban J connectivity index is 2.15. The third-order valence-electron chi connectivity index (χ3n) is 3.27. The Morgan fingerprint density at radius 2 is 2.09 bits per heavy atom. The minimum absolute atomic E-state index is 0.0348. The summed E-state index contributed by atoms with van der Waals surface area (Å²) >= 11 is 0. The van der Waals surface area contributed by atoms with Gasteiger partial charge in [0.05, 0.1) is 5.92 Å². The van der Waals surface area contributed by atoms with Crippen LogP contribution in [0.3, 0.4) is 0 Å². The lowest BCUT2D eigenvalue weighted by atomic mass is 9.98. The van der Waals surface area contributed by atoms with Crippen molar-refractivity contribution in [3.05, 3.63) is 18.2 Å². The van der Waals surface area contributed by atoms with E-state index in [2.05, 4.69) is 4.72 Å². The number of carbonyl (C=O) groups is 1. The van der Waals surface area contributed by atoms with Crippen LogP contribution in [0.1, 0.15) is 20.3 Å². The fourth-order valence-electron chi connectivity index (χ4n) is 2.24. The minimum Gasteiger partial charge on any atom is -0.481 e. The van der Waals surface area contributed by atoms with Crippen molar-refractivity contribution in [1.29, 1.82) is 0 Å². The molecule has 0 fully saturated rings. The topological polar surface area (TPSA) is 102 Å². The molecule has 1 aliphatic heterocycles. The van der Waals surface area contributed by atoms with Gasteiger partial charge in [0.25, 0.3) is 0 Å². The molecule has 122 valence electrons. The second-order valence-corrected chi connectivity index (χ2v) is 7.24. The summed E-state index contributed by atoms with van der Waals surface area (Å²) in [4.78, 5) is 11.2. The number of carboxylic acid groups (broad SMARTS) is 1. The van der Waals surface area contributed by atoms with Crippen LogP contribution in [-0.2, 0) is 14.8 Å². The van der Waals surface area contributed by atoms with Crippen LogP contribution in [0.25, 0.3) is 0 Å². The molecule has 1 unspecified atom stereocenters. The van der Waals surface area contributed by atoms with E-state index in [4.69, 9.17) is 14.6 Å². The highest BCUT2D eigenvalue weighted by molar-refractivity contribution is 7.89. The van der Waals surface area contributed by atoms with Gasteiger partial charge in [-0.25, -0.2) is 13.1 Å². The van der Waals surface area contributed by atoms with Crippen LogP contribution in [0.2, 0.25) is 0 Å². The average Bonchev–Trinajstić information content (AvgIpc) is 2.90. The lowest BCUT2D eigenvalue weighted by Gasteiger charge is -2.16. The number of hydrogen-bond donors (Lipinski definition) is 2. The zero-order valence-corrected chi connectivity index (χ0v) is 13.2. The molecule has 0 radical (unpaired) electrons. The summed E-state index contributed by atoms with van der Waals surface area (Å²) in [7, 11) is -3.87. The highest BCUT2D eigenvalue weighted by atomic mass is 32.2. The fraction of sp³-hybridized carbons (Fsp3) is 0.500. The molecule has 1 atom stereocenters. The van der Waals surface area contributed by atoms with Crippen LogP contribution in [0.4, 0.5) is 0 Å². The Morgan fingerprint density at radius 1 is 1.36 bits per heavy atom. The number of hydrogen-bond acceptors (Lipinski definition) is 5. The third-order valence-corrected chi connectivity index (χ3v) is 4.72. The van der Waals surface area contributed by atoms with Gasteiger partial charge < -0.3 is 14.6 Å². The minimum atomic E-state index is -3.87. The summed E-state index contributed by atoms with van der Waals surface area (Å²) in [6, 6.07) is 4.55. The van der Waals surface area contributed by atoms with Crippen molar-refractivity contribution in [3.63, 3.8) is 0 Å². The molecule has 0 saturated heterocycles. The van der Waals surface area contributed by atoms with Crippen LogP contribution >= 0.6 is 0 Å². The van der Waals surface area contributed by atoms with Crippen molar-refractivity contribution in [3.8, 4) is 11.5 Å². The first kappa shape index (κ1) is 16.6. The molecular formula is C14H19NO6S. The number of nitrogens with one attached hydrogen (secondary N) is 1. The molecule has 0 aliphatic carbocycles. The first-order valence-corrected chi connectivity index (χ1v) is 8.40. The van der Waals surface area contributed by atoms with E-state index in [-0.39, 0.29) is 29.9 Å². The van der Waals surface area contributed by atoms with Crippen molar-refractivity contribution in [2.45, 2.75) is 25.2 Å². The average molecular weight is 329 g/mol. The van der Waals surface area contributed by atoms with Crippen molar-refractivity contribution in [2.75, 3.05) is 13.3 Å². The number of carboxylic acids is 1. The Kier molecular flexibility index (Phi) is 4.92. The largest absolute Gasteiger partial charge is 0.481 e. The first-order valence-electron chi connectivity index (χ1n) is 6.92. The third kappa shape index (κ3) is 3.69. The van der Waals surface area contributed by atoms with E-state index in [9.17, 15) is 13.2 Å². The van der Waals surface area contributed by atoms with Gasteiger partial charge in [-0.1, -0.05) is 19.9 Å². The summed E-state index contributed by atoms with van der Waals surface area (Å²) < 4.78 is 37.4. The van der Waals surface area contributed by atoms with Gasteiger partial charge in [-0.05, 0) is 24.5 Å². The van der Waals surface area contributed by atoms with E-state index in [1.807, 2.05) is 13.8 Å². The molecule has 1 aromatic carbocycles. The molecule has 1 aromatic rings. The Morgan fingerprint density at radius 3 is 2.73 bits per heavy atom. The number of benzene rings is 1. The number of rotatable bonds is 7. The van der Waals surface area contributed by atoms with Gasteiger partial charge in [-0.15, -0.1) is 0 Å². The smallest absolute Gasteiger partial charge is 0.307 e. The molecule has 0 bridgehead atoms. The van der Waals surface area contributed by atoms with Crippen LogP contribution in [-0.4, -0.2) is 32.8 Å². The predicted molar refractivity (Wildman–Crippen MR) is 78.3 cm³/mol. The summed E-state index contributed by atoms with van der Waals surface area (Å²) in [6.45, 7) is 3.58. The van der Waals surface area contributed by atoms with E-state index < -0.39 is 21.9 Å². The molecular weight excluding hydrogens is 310 g/mol. The van der Waals surface area contributed by atoms with Gasteiger partial charge >= 0.3 is 5.97 Å². The molecule has 1 aliphatic rings. The highest BCUT2D eigenvalue weighted by Crippen LogP contribution is 2.37. The lowest BCUT2D eigenvalue weighted by molar-refractivity contribution is -0.142. The molecule has 0 amide bonds. The number of sulfonamides is 1. The molecule has 0 aromatic heterocycles. The number of fused-ring (bicyclic) bond motifs is 1. The van der Waals surface area contributed by atoms with Crippen LogP contribution in [0.15, 0.2) is 23.1 Å². The lowest BCUT2D eigenvalue weighted by Crippen LogP contribution is -2.33. The number of aliphatic carboxylic acids is 1. The molecule has 2 rings (SSSR count). The Hall–Kier alpha value is -1.80. The molecule has 22 heavy (non-hydrogen) atoms. The van der Waals surface area contributed by atoms with E-state index in [1.54, 1.807) is 12.1 Å². The quantitative estimate of drug-likeness (QED) is 0.785. The van der Waals surface area contributed by atoms with Crippen LogP contribution in [0, 0.1) is 11.8 Å². The summed E-state index contributed by atoms with van der Waals surface area (Å²) in [5.41, 5.74) is 0. The van der Waals surface area contributed by atoms with Gasteiger partial charge in [0.1, 0.15) is 4.90 Å². The van der Waals surface area contributed by atoms with Crippen molar-refractivity contribution in [1.82, 2.24) is 4.72 Å². The van der Waals surface area contributed by atoms with E-state index in [0.29, 0.717) is 12.2 Å². The molecule has 0 spiro atoms. The van der Waals surface area contributed by atoms with Gasteiger partial charge in [-0.3, -0.25) is 4.79 Å². The van der Waals surface area contributed by atoms with Gasteiger partial charge in [-0.2, -0.15) is 0 Å². The van der Waals surface area contributed by atoms with Gasteiger partial charge in [0, 0.05) is 6.54 Å². The van der Waals surface area contributed by atoms with Crippen molar-refractivity contribution < 1.29 is 27.8 Å². The molecule has 7 nitrogen and oxygen atoms in total. The van der Waals surface area contributed by atoms with E-state index in [0.717, 1.165) is 0 Å². The highest BCUT2D eigenvalue weighted by Gasteiger charge is 2.28. The second-order valence-electron chi connectivity index (χ2n) is 5.51. The van der Waals surface area contributed by atoms with Crippen LogP contribution < -0.4 is 14.2 Å². The van der Waals surface area contributed by atoms with Crippen molar-refractivity contribution in [2.24, 2.45) is 11.8 Å². The number of para-hydroxylation sites is 1. The zero-order chi connectivity index (χ0) is 16.3. The maximum absolute atomic E-state index is 12.4. The first-order chi connectivity index (χ1) is 10.3. The SMILES string of the molecule is CC(C)CC(CNS(=O)(=O)c1cccc2c1OCO2)C(=O)O. The van der Waals surface area contributed by atoms with Gasteiger partial charge in [0.2, 0.25) is 16.8 Å². The maximum Gasteiger partial charge on any atom is 0.307 e. The Bertz CT molecular complexity index is 655. The van der Waals surface area contributed by atoms with E-state index >= 15 is 0 Å². The standard InChI is InChI=1S/C14H19NO6S/c1-9(2)6-10(14(16)17)7-15-22(18,19)12-5-3-4-11-13(12)21-8-20-11/h3-5,9-10,15H,6-8H2,1-2H3,(H,16,17). The van der Waals surface area contributed by atoms with Crippen molar-refractivity contribution >= 4 is 16.0 Å². The second kappa shape index (κ2) is 6.53. The normalized spacial score (nSPS) is 15.0. The molecule has 0 saturated carbocycles. The van der Waals surface area contributed by atoms with E-state index in [1.165, 1.54) is 6.07 Å². The van der Waals surface area contributed by atoms with Gasteiger partial charge in [0.15, 0.2) is 11.5 Å². The number of ether oxygens (including phenoxy) is 2.